The van der Waals surface area contributed by atoms with Crippen LogP contribution in [0.25, 0.3) is 0 Å². The molecule has 2 atom stereocenters. The summed E-state index contributed by atoms with van der Waals surface area (Å²) in [6.07, 6.45) is 26.5. The maximum Gasteiger partial charge on any atom is 0.0940 e. The highest BCUT2D eigenvalue weighted by molar-refractivity contribution is 5.30. The molecule has 5 nitrogen and oxygen atoms in total. The van der Waals surface area contributed by atoms with Crippen molar-refractivity contribution in [3.05, 3.63) is 70.8 Å². The zero-order valence-electron chi connectivity index (χ0n) is 36.3. The largest absolute Gasteiger partial charge is 0.379 e. The van der Waals surface area contributed by atoms with E-state index in [9.17, 15) is 0 Å². The number of ether oxygens (including phenoxy) is 3. The minimum Gasteiger partial charge on any atom is -0.379 e. The van der Waals surface area contributed by atoms with Crippen molar-refractivity contribution in [3.8, 4) is 0 Å². The average Bonchev–Trinajstić information content (AvgIpc) is 3.18. The van der Waals surface area contributed by atoms with E-state index in [1.165, 1.54) is 125 Å². The van der Waals surface area contributed by atoms with Crippen LogP contribution in [0, 0.1) is 11.8 Å². The van der Waals surface area contributed by atoms with Crippen molar-refractivity contribution < 1.29 is 14.2 Å². The van der Waals surface area contributed by atoms with Crippen LogP contribution < -0.4 is 0 Å². The molecule has 0 aromatic heterocycles. The van der Waals surface area contributed by atoms with Crippen LogP contribution in [0.5, 0.6) is 0 Å². The quantitative estimate of drug-likeness (QED) is 0.0694. The maximum atomic E-state index is 7.11. The topological polar surface area (TPSA) is 34.2 Å². The molecular weight excluding hydrogens is 677 g/mol. The summed E-state index contributed by atoms with van der Waals surface area (Å²) in [7, 11) is 0. The highest BCUT2D eigenvalue weighted by Gasteiger charge is 2.26. The molecule has 0 amide bonds. The molecule has 55 heavy (non-hydrogen) atoms. The van der Waals surface area contributed by atoms with E-state index in [0.29, 0.717) is 13.2 Å². The van der Waals surface area contributed by atoms with Gasteiger partial charge in [0.2, 0.25) is 0 Å². The van der Waals surface area contributed by atoms with Gasteiger partial charge in [0.25, 0.3) is 0 Å². The molecule has 2 aromatic carbocycles. The molecular formula is C50H84N2O3. The third-order valence-corrected chi connectivity index (χ3v) is 12.0. The van der Waals surface area contributed by atoms with Gasteiger partial charge in [-0.15, -0.1) is 0 Å². The van der Waals surface area contributed by atoms with Crippen molar-refractivity contribution in [2.45, 2.75) is 181 Å². The van der Waals surface area contributed by atoms with Gasteiger partial charge < -0.3 is 14.2 Å². The van der Waals surface area contributed by atoms with Crippen molar-refractivity contribution in [1.82, 2.24) is 9.80 Å². The number of rotatable bonds is 32. The van der Waals surface area contributed by atoms with Crippen LogP contribution in [0.15, 0.2) is 48.5 Å². The van der Waals surface area contributed by atoms with Gasteiger partial charge in [0, 0.05) is 52.5 Å². The third-order valence-electron chi connectivity index (χ3n) is 12.0. The first-order chi connectivity index (χ1) is 27.0. The van der Waals surface area contributed by atoms with Crippen molar-refractivity contribution in [3.63, 3.8) is 0 Å². The first-order valence-corrected chi connectivity index (χ1v) is 23.4. The lowest BCUT2D eigenvalue weighted by atomic mass is 9.99. The molecule has 0 spiro atoms. The van der Waals surface area contributed by atoms with E-state index in [0.717, 1.165) is 90.0 Å². The van der Waals surface area contributed by atoms with Gasteiger partial charge in [-0.25, -0.2) is 0 Å². The Labute approximate surface area is 339 Å². The van der Waals surface area contributed by atoms with Crippen LogP contribution >= 0.6 is 0 Å². The molecule has 0 saturated carbocycles. The van der Waals surface area contributed by atoms with E-state index in [1.54, 1.807) is 0 Å². The summed E-state index contributed by atoms with van der Waals surface area (Å²) in [5.74, 6) is 1.69. The molecule has 0 N–H and O–H groups in total. The van der Waals surface area contributed by atoms with Crippen molar-refractivity contribution in [2.24, 2.45) is 11.8 Å². The number of nitrogens with zero attached hydrogens (tertiary/aromatic N) is 2. The number of hydrogen-bond donors (Lipinski definition) is 0. The zero-order valence-corrected chi connectivity index (χ0v) is 36.3. The summed E-state index contributed by atoms with van der Waals surface area (Å²) in [6.45, 7) is 18.3. The predicted octanol–water partition coefficient (Wildman–Crippen LogP) is 12.2. The van der Waals surface area contributed by atoms with Crippen LogP contribution in [-0.2, 0) is 40.1 Å². The predicted molar refractivity (Wildman–Crippen MR) is 234 cm³/mol. The minimum atomic E-state index is 0.0299. The SMILES string of the molecule is CC(C)CCCCCCCCCCOCC(CN1CCc2ccccc2C1)OC(COCCCCCCCCCCC(C)C)CN1CCc2ccccc2C1. The molecule has 0 fully saturated rings. The smallest absolute Gasteiger partial charge is 0.0940 e. The van der Waals surface area contributed by atoms with Gasteiger partial charge >= 0.3 is 0 Å². The number of fused-ring (bicyclic) bond motifs is 2. The number of hydrogen-bond acceptors (Lipinski definition) is 5. The summed E-state index contributed by atoms with van der Waals surface area (Å²) in [5.41, 5.74) is 5.93. The van der Waals surface area contributed by atoms with Crippen LogP contribution in [0.3, 0.4) is 0 Å². The first kappa shape index (κ1) is 45.9. The molecule has 2 heterocycles. The highest BCUT2D eigenvalue weighted by atomic mass is 16.6. The highest BCUT2D eigenvalue weighted by Crippen LogP contribution is 2.22. The number of unbranched alkanes of at least 4 members (excludes halogenated alkanes) is 14. The van der Waals surface area contributed by atoms with E-state index in [1.807, 2.05) is 0 Å². The molecule has 5 heteroatoms. The Morgan fingerprint density at radius 3 is 1.18 bits per heavy atom. The normalized spacial score (nSPS) is 16.1. The first-order valence-electron chi connectivity index (χ1n) is 23.4. The molecule has 2 aliphatic heterocycles. The monoisotopic (exact) mass is 761 g/mol. The Kier molecular flexibility index (Phi) is 23.9. The Bertz CT molecular complexity index is 1140. The molecule has 2 aromatic rings. The average molecular weight is 761 g/mol. The fourth-order valence-electron chi connectivity index (χ4n) is 8.60. The van der Waals surface area contributed by atoms with Gasteiger partial charge in [-0.1, -0.05) is 179 Å². The van der Waals surface area contributed by atoms with Crippen molar-refractivity contribution >= 4 is 0 Å². The summed E-state index contributed by atoms with van der Waals surface area (Å²) in [6, 6.07) is 17.9. The summed E-state index contributed by atoms with van der Waals surface area (Å²) >= 11 is 0. The molecule has 312 valence electrons. The molecule has 0 saturated heterocycles. The lowest BCUT2D eigenvalue weighted by Gasteiger charge is -2.36. The maximum absolute atomic E-state index is 7.11. The zero-order chi connectivity index (χ0) is 38.8. The fourth-order valence-corrected chi connectivity index (χ4v) is 8.60. The molecule has 2 unspecified atom stereocenters. The van der Waals surface area contributed by atoms with E-state index in [-0.39, 0.29) is 12.2 Å². The third kappa shape index (κ3) is 20.5. The fraction of sp³-hybridized carbons (Fsp3) is 0.760. The Morgan fingerprint density at radius 1 is 0.455 bits per heavy atom. The molecule has 0 aliphatic carbocycles. The van der Waals surface area contributed by atoms with E-state index in [4.69, 9.17) is 14.2 Å². The van der Waals surface area contributed by atoms with Gasteiger partial charge in [0.1, 0.15) is 0 Å². The second-order valence-corrected chi connectivity index (χ2v) is 18.1. The molecule has 2 aliphatic rings. The Morgan fingerprint density at radius 2 is 0.800 bits per heavy atom. The van der Waals surface area contributed by atoms with Crippen LogP contribution in [0.1, 0.15) is 166 Å². The molecule has 4 rings (SSSR count). The second kappa shape index (κ2) is 28.6. The van der Waals surface area contributed by atoms with E-state index >= 15 is 0 Å². The molecule has 0 radical (unpaired) electrons. The standard InChI is InChI=1S/C50H84N2O3/c1-43(2)25-17-13-9-5-7-11-15-23-35-53-41-49(39-51-33-31-45-27-19-21-29-47(45)37-51)55-50(40-52-34-32-46-28-20-22-30-48(46)38-52)42-54-36-24-16-12-8-6-10-14-18-26-44(3)4/h19-22,27-30,43-44,49-50H,5-18,23-26,31-42H2,1-4H3. The summed E-state index contributed by atoms with van der Waals surface area (Å²) in [5, 5.41) is 0. The number of benzene rings is 2. The van der Waals surface area contributed by atoms with Gasteiger partial charge in [-0.05, 0) is 59.8 Å². The van der Waals surface area contributed by atoms with Gasteiger partial charge in [-0.2, -0.15) is 0 Å². The van der Waals surface area contributed by atoms with Gasteiger partial charge in [-0.3, -0.25) is 9.80 Å². The second-order valence-electron chi connectivity index (χ2n) is 18.1. The van der Waals surface area contributed by atoms with Gasteiger partial charge in [0.15, 0.2) is 0 Å². The van der Waals surface area contributed by atoms with Gasteiger partial charge in [0.05, 0.1) is 25.4 Å². The minimum absolute atomic E-state index is 0.0299. The Hall–Kier alpha value is -1.76. The lowest BCUT2D eigenvalue weighted by Crippen LogP contribution is -2.45. The van der Waals surface area contributed by atoms with Crippen LogP contribution in [-0.4, -0.2) is 74.6 Å². The van der Waals surface area contributed by atoms with Crippen molar-refractivity contribution in [1.29, 1.82) is 0 Å². The molecule has 0 bridgehead atoms. The summed E-state index contributed by atoms with van der Waals surface area (Å²) in [4.78, 5) is 5.19. The van der Waals surface area contributed by atoms with Crippen LogP contribution in [0.2, 0.25) is 0 Å². The van der Waals surface area contributed by atoms with Crippen LogP contribution in [0.4, 0.5) is 0 Å². The van der Waals surface area contributed by atoms with Crippen molar-refractivity contribution in [2.75, 3.05) is 52.6 Å². The Balaban J connectivity index is 1.24. The van der Waals surface area contributed by atoms with E-state index < -0.39 is 0 Å². The van der Waals surface area contributed by atoms with E-state index in [2.05, 4.69) is 86.0 Å². The summed E-state index contributed by atoms with van der Waals surface area (Å²) < 4.78 is 20.0. The lowest BCUT2D eigenvalue weighted by molar-refractivity contribution is -0.105.